The van der Waals surface area contributed by atoms with Crippen LogP contribution in [-0.2, 0) is 0 Å². The monoisotopic (exact) mass is 280 g/mol. The largest absolute Gasteiger partial charge is 0.497 e. The molecule has 112 valence electrons. The fraction of sp³-hybridized carbons (Fsp3) is 0.600. The van der Waals surface area contributed by atoms with Crippen LogP contribution < -0.4 is 15.2 Å². The number of likely N-dealkylation sites (tertiary alicyclic amines) is 1. The molecular weight excluding hydrogens is 256 g/mol. The fourth-order valence-electron chi connectivity index (χ4n) is 2.73. The highest BCUT2D eigenvalue weighted by atomic mass is 16.5. The molecule has 1 heterocycles. The smallest absolute Gasteiger partial charge is 0.126 e. The first-order valence-electron chi connectivity index (χ1n) is 6.96. The summed E-state index contributed by atoms with van der Waals surface area (Å²) in [5.74, 6) is 1.66. The van der Waals surface area contributed by atoms with Gasteiger partial charge < -0.3 is 20.3 Å². The summed E-state index contributed by atoms with van der Waals surface area (Å²) in [6.45, 7) is 3.56. The number of methoxy groups -OCH3 is 2. The summed E-state index contributed by atoms with van der Waals surface area (Å²) in [4.78, 5) is 2.12. The van der Waals surface area contributed by atoms with Crippen molar-refractivity contribution >= 4 is 0 Å². The number of hydrogen-bond donors (Lipinski definition) is 2. The number of β-amino-alcohol motifs (C(OH)–C–C–N with tert-alkyl or cyclic N) is 1. The summed E-state index contributed by atoms with van der Waals surface area (Å²) in [5.41, 5.74) is 7.40. The number of aliphatic hydroxyl groups is 1. The van der Waals surface area contributed by atoms with Crippen molar-refractivity contribution in [3.8, 4) is 11.5 Å². The molecule has 2 rings (SSSR count). The van der Waals surface area contributed by atoms with Gasteiger partial charge in [0.2, 0.25) is 0 Å². The van der Waals surface area contributed by atoms with Crippen molar-refractivity contribution in [2.24, 2.45) is 5.73 Å². The van der Waals surface area contributed by atoms with Gasteiger partial charge in [-0.25, -0.2) is 0 Å². The molecule has 0 spiro atoms. The Morgan fingerprint density at radius 3 is 2.65 bits per heavy atom. The van der Waals surface area contributed by atoms with Crippen molar-refractivity contribution in [3.63, 3.8) is 0 Å². The molecule has 1 aliphatic heterocycles. The molecule has 5 heteroatoms. The van der Waals surface area contributed by atoms with E-state index in [1.807, 2.05) is 18.2 Å². The molecule has 1 saturated heterocycles. The van der Waals surface area contributed by atoms with Crippen LogP contribution in [0.1, 0.15) is 24.8 Å². The third-order valence-electron chi connectivity index (χ3n) is 4.06. The average Bonchev–Trinajstić information content (AvgIpc) is 2.91. The number of nitrogens with two attached hydrogens (primary N) is 1. The van der Waals surface area contributed by atoms with E-state index in [0.717, 1.165) is 30.0 Å². The van der Waals surface area contributed by atoms with Gasteiger partial charge in [0.15, 0.2) is 0 Å². The summed E-state index contributed by atoms with van der Waals surface area (Å²) in [5, 5.41) is 9.63. The Morgan fingerprint density at radius 2 is 2.10 bits per heavy atom. The molecule has 20 heavy (non-hydrogen) atoms. The molecule has 1 fully saturated rings. The SMILES string of the molecule is COc1ccc([C@H](C)C(N)N2CC[C@H](O)C2)c(OC)c1. The van der Waals surface area contributed by atoms with Gasteiger partial charge in [0.1, 0.15) is 11.5 Å². The number of rotatable bonds is 5. The first-order valence-corrected chi connectivity index (χ1v) is 6.96. The average molecular weight is 280 g/mol. The highest BCUT2D eigenvalue weighted by Crippen LogP contribution is 2.33. The Hall–Kier alpha value is -1.30. The van der Waals surface area contributed by atoms with E-state index in [1.165, 1.54) is 0 Å². The van der Waals surface area contributed by atoms with Crippen LogP contribution in [0.25, 0.3) is 0 Å². The van der Waals surface area contributed by atoms with Crippen LogP contribution in [-0.4, -0.2) is 49.6 Å². The Bertz CT molecular complexity index is 453. The second-order valence-corrected chi connectivity index (χ2v) is 5.32. The number of aliphatic hydroxyl groups excluding tert-OH is 1. The van der Waals surface area contributed by atoms with Crippen LogP contribution in [0.4, 0.5) is 0 Å². The van der Waals surface area contributed by atoms with Crippen LogP contribution in [0.15, 0.2) is 18.2 Å². The third kappa shape index (κ3) is 3.06. The summed E-state index contributed by atoms with van der Waals surface area (Å²) >= 11 is 0. The van der Waals surface area contributed by atoms with Crippen LogP contribution in [0.2, 0.25) is 0 Å². The van der Waals surface area contributed by atoms with Gasteiger partial charge in [-0.1, -0.05) is 13.0 Å². The van der Waals surface area contributed by atoms with E-state index in [0.29, 0.717) is 6.54 Å². The predicted octanol–water partition coefficient (Wildman–Crippen LogP) is 1.16. The van der Waals surface area contributed by atoms with Gasteiger partial charge in [0, 0.05) is 30.6 Å². The second kappa shape index (κ2) is 6.43. The van der Waals surface area contributed by atoms with Crippen LogP contribution in [0.3, 0.4) is 0 Å². The maximum atomic E-state index is 9.63. The zero-order chi connectivity index (χ0) is 14.7. The van der Waals surface area contributed by atoms with Crippen molar-refractivity contribution in [1.29, 1.82) is 0 Å². The van der Waals surface area contributed by atoms with Gasteiger partial charge in [-0.3, -0.25) is 4.90 Å². The minimum atomic E-state index is -0.258. The lowest BCUT2D eigenvalue weighted by Crippen LogP contribution is -2.44. The van der Waals surface area contributed by atoms with Crippen molar-refractivity contribution in [2.45, 2.75) is 31.5 Å². The van der Waals surface area contributed by atoms with E-state index >= 15 is 0 Å². The van der Waals surface area contributed by atoms with E-state index in [1.54, 1.807) is 14.2 Å². The van der Waals surface area contributed by atoms with Gasteiger partial charge in [-0.2, -0.15) is 0 Å². The summed E-state index contributed by atoms with van der Waals surface area (Å²) < 4.78 is 10.7. The molecule has 0 saturated carbocycles. The van der Waals surface area contributed by atoms with Gasteiger partial charge in [0.05, 0.1) is 26.5 Å². The minimum absolute atomic E-state index is 0.112. The predicted molar refractivity (Wildman–Crippen MR) is 78.1 cm³/mol. The Balaban J connectivity index is 2.17. The van der Waals surface area contributed by atoms with E-state index < -0.39 is 0 Å². The molecule has 1 unspecified atom stereocenters. The molecule has 5 nitrogen and oxygen atoms in total. The lowest BCUT2D eigenvalue weighted by atomic mass is 9.96. The lowest BCUT2D eigenvalue weighted by Gasteiger charge is -2.30. The maximum absolute atomic E-state index is 9.63. The molecule has 0 aromatic heterocycles. The van der Waals surface area contributed by atoms with Crippen LogP contribution >= 0.6 is 0 Å². The van der Waals surface area contributed by atoms with Crippen molar-refractivity contribution in [1.82, 2.24) is 4.90 Å². The van der Waals surface area contributed by atoms with Gasteiger partial charge >= 0.3 is 0 Å². The molecule has 0 amide bonds. The first-order chi connectivity index (χ1) is 9.56. The molecule has 0 aliphatic carbocycles. The minimum Gasteiger partial charge on any atom is -0.497 e. The number of ether oxygens (including phenoxy) is 2. The molecule has 3 N–H and O–H groups in total. The first kappa shape index (κ1) is 15.1. The number of nitrogens with zero attached hydrogens (tertiary/aromatic N) is 1. The zero-order valence-corrected chi connectivity index (χ0v) is 12.4. The molecule has 1 aromatic rings. The Labute approximate surface area is 120 Å². The number of benzene rings is 1. The summed E-state index contributed by atoms with van der Waals surface area (Å²) in [6.07, 6.45) is 0.403. The fourth-order valence-corrected chi connectivity index (χ4v) is 2.73. The molecule has 0 radical (unpaired) electrons. The lowest BCUT2D eigenvalue weighted by molar-refractivity contribution is 0.152. The summed E-state index contributed by atoms with van der Waals surface area (Å²) in [7, 11) is 3.28. The highest BCUT2D eigenvalue weighted by Gasteiger charge is 2.29. The molecule has 1 aliphatic rings. The summed E-state index contributed by atoms with van der Waals surface area (Å²) in [6, 6.07) is 5.78. The third-order valence-corrected chi connectivity index (χ3v) is 4.06. The van der Waals surface area contributed by atoms with Crippen LogP contribution in [0, 0.1) is 0 Å². The van der Waals surface area contributed by atoms with E-state index in [9.17, 15) is 5.11 Å². The van der Waals surface area contributed by atoms with Crippen LogP contribution in [0.5, 0.6) is 11.5 Å². The van der Waals surface area contributed by atoms with Crippen molar-refractivity contribution in [3.05, 3.63) is 23.8 Å². The zero-order valence-electron chi connectivity index (χ0n) is 12.4. The second-order valence-electron chi connectivity index (χ2n) is 5.32. The Kier molecular flexibility index (Phi) is 4.86. The van der Waals surface area contributed by atoms with Crippen molar-refractivity contribution in [2.75, 3.05) is 27.3 Å². The van der Waals surface area contributed by atoms with Crippen molar-refractivity contribution < 1.29 is 14.6 Å². The van der Waals surface area contributed by atoms with E-state index in [4.69, 9.17) is 15.2 Å². The maximum Gasteiger partial charge on any atom is 0.126 e. The van der Waals surface area contributed by atoms with E-state index in [2.05, 4.69) is 11.8 Å². The normalized spacial score (nSPS) is 22.6. The Morgan fingerprint density at radius 1 is 1.35 bits per heavy atom. The standard InChI is InChI=1S/C15H24N2O3/c1-10(15(16)17-7-6-11(18)9-17)13-5-4-12(19-2)8-14(13)20-3/h4-5,8,10-11,15,18H,6-7,9,16H2,1-3H3/t10-,11-,15?/m0/s1. The van der Waals surface area contributed by atoms with E-state index in [-0.39, 0.29) is 18.2 Å². The van der Waals surface area contributed by atoms with Gasteiger partial charge in [-0.05, 0) is 12.5 Å². The molecular formula is C15H24N2O3. The molecule has 3 atom stereocenters. The highest BCUT2D eigenvalue weighted by molar-refractivity contribution is 5.43. The van der Waals surface area contributed by atoms with Gasteiger partial charge in [0.25, 0.3) is 0 Å². The topological polar surface area (TPSA) is 68.0 Å². The van der Waals surface area contributed by atoms with Gasteiger partial charge in [-0.15, -0.1) is 0 Å². The molecule has 0 bridgehead atoms. The molecule has 1 aromatic carbocycles. The number of hydrogen-bond acceptors (Lipinski definition) is 5. The quantitative estimate of drug-likeness (QED) is 0.847.